The highest BCUT2D eigenvalue weighted by atomic mass is 16.7. The molecule has 5 heteroatoms. The number of hydrogen-bond acceptors (Lipinski definition) is 4. The van der Waals surface area contributed by atoms with Crippen molar-refractivity contribution < 1.29 is 19.2 Å². The van der Waals surface area contributed by atoms with Gasteiger partial charge in [-0.05, 0) is 6.42 Å². The lowest BCUT2D eigenvalue weighted by Gasteiger charge is -2.09. The lowest BCUT2D eigenvalue weighted by atomic mass is 10.3. The van der Waals surface area contributed by atoms with Crippen LogP contribution in [0.1, 0.15) is 26.2 Å². The average molecular weight is 221 g/mol. The standard InChI is InChI=1S/C11H11NO4/c1-3-4-5-6-10(14)16-12-9(13)7-8(2)11(12)15/h2-4,7H2,1H3. The van der Waals surface area contributed by atoms with Crippen LogP contribution in [0.4, 0.5) is 0 Å². The van der Waals surface area contributed by atoms with Crippen LogP contribution in [0.15, 0.2) is 12.2 Å². The van der Waals surface area contributed by atoms with E-state index >= 15 is 0 Å². The molecule has 1 aliphatic rings. The maximum Gasteiger partial charge on any atom is 0.409 e. The summed E-state index contributed by atoms with van der Waals surface area (Å²) < 4.78 is 0. The fourth-order valence-electron chi connectivity index (χ4n) is 1.04. The number of unbranched alkanes of at least 4 members (excludes halogenated alkanes) is 1. The predicted octanol–water partition coefficient (Wildman–Crippen LogP) is 0.563. The summed E-state index contributed by atoms with van der Waals surface area (Å²) in [6, 6.07) is 0. The topological polar surface area (TPSA) is 63.7 Å². The molecule has 5 nitrogen and oxygen atoms in total. The first-order valence-corrected chi connectivity index (χ1v) is 4.82. The Balaban J connectivity index is 2.59. The SMILES string of the molecule is C=C1CC(=O)N(OC(=O)C#CCCC)C1=O. The Labute approximate surface area is 93.0 Å². The third-order valence-corrected chi connectivity index (χ3v) is 1.82. The molecule has 0 spiro atoms. The zero-order valence-corrected chi connectivity index (χ0v) is 8.91. The van der Waals surface area contributed by atoms with Crippen molar-refractivity contribution in [1.82, 2.24) is 5.06 Å². The highest BCUT2D eigenvalue weighted by Gasteiger charge is 2.35. The molecule has 0 atom stereocenters. The van der Waals surface area contributed by atoms with Crippen molar-refractivity contribution in [2.24, 2.45) is 0 Å². The van der Waals surface area contributed by atoms with E-state index in [1.165, 1.54) is 0 Å². The van der Waals surface area contributed by atoms with E-state index in [9.17, 15) is 14.4 Å². The fraction of sp³-hybridized carbons (Fsp3) is 0.364. The number of amides is 2. The van der Waals surface area contributed by atoms with E-state index in [-0.39, 0.29) is 12.0 Å². The van der Waals surface area contributed by atoms with E-state index in [0.717, 1.165) is 6.42 Å². The zero-order chi connectivity index (χ0) is 12.1. The van der Waals surface area contributed by atoms with Gasteiger partial charge in [0, 0.05) is 17.9 Å². The van der Waals surface area contributed by atoms with Gasteiger partial charge < -0.3 is 4.84 Å². The van der Waals surface area contributed by atoms with Gasteiger partial charge in [-0.1, -0.05) is 24.5 Å². The second-order valence-corrected chi connectivity index (χ2v) is 3.20. The van der Waals surface area contributed by atoms with Gasteiger partial charge in [0.15, 0.2) is 0 Å². The molecule has 0 aromatic carbocycles. The molecular formula is C11H11NO4. The normalized spacial score (nSPS) is 14.8. The molecule has 0 radical (unpaired) electrons. The van der Waals surface area contributed by atoms with Gasteiger partial charge in [0.2, 0.25) is 0 Å². The Morgan fingerprint density at radius 3 is 2.75 bits per heavy atom. The minimum atomic E-state index is -0.912. The van der Waals surface area contributed by atoms with Gasteiger partial charge in [-0.15, -0.1) is 0 Å². The van der Waals surface area contributed by atoms with Gasteiger partial charge in [0.05, 0.1) is 6.42 Å². The molecule has 0 aliphatic carbocycles. The van der Waals surface area contributed by atoms with Crippen molar-refractivity contribution in [3.05, 3.63) is 12.2 Å². The molecule has 0 N–H and O–H groups in total. The first kappa shape index (κ1) is 12.0. The van der Waals surface area contributed by atoms with Crippen LogP contribution in [0.3, 0.4) is 0 Å². The van der Waals surface area contributed by atoms with Crippen molar-refractivity contribution in [3.8, 4) is 11.8 Å². The van der Waals surface area contributed by atoms with Crippen LogP contribution in [0.25, 0.3) is 0 Å². The van der Waals surface area contributed by atoms with Crippen LogP contribution in [-0.2, 0) is 19.2 Å². The van der Waals surface area contributed by atoms with E-state index in [0.29, 0.717) is 11.5 Å². The van der Waals surface area contributed by atoms with Gasteiger partial charge >= 0.3 is 5.97 Å². The summed E-state index contributed by atoms with van der Waals surface area (Å²) in [7, 11) is 0. The lowest BCUT2D eigenvalue weighted by Crippen LogP contribution is -2.31. The Morgan fingerprint density at radius 2 is 2.25 bits per heavy atom. The van der Waals surface area contributed by atoms with E-state index in [1.54, 1.807) is 0 Å². The summed E-state index contributed by atoms with van der Waals surface area (Å²) in [4.78, 5) is 38.1. The largest absolute Gasteiger partial charge is 0.409 e. The van der Waals surface area contributed by atoms with Crippen molar-refractivity contribution >= 4 is 17.8 Å². The van der Waals surface area contributed by atoms with Crippen molar-refractivity contribution in [3.63, 3.8) is 0 Å². The summed E-state index contributed by atoms with van der Waals surface area (Å²) in [5, 5.41) is 0.408. The number of hydroxylamine groups is 2. The first-order chi connectivity index (χ1) is 7.56. The molecule has 1 aliphatic heterocycles. The number of imide groups is 1. The highest BCUT2D eigenvalue weighted by molar-refractivity contribution is 6.12. The van der Waals surface area contributed by atoms with Gasteiger partial charge in [0.1, 0.15) is 0 Å². The monoisotopic (exact) mass is 221 g/mol. The van der Waals surface area contributed by atoms with Gasteiger partial charge in [0.25, 0.3) is 11.8 Å². The summed E-state index contributed by atoms with van der Waals surface area (Å²) in [6.07, 6.45) is 1.26. The molecular weight excluding hydrogens is 210 g/mol. The lowest BCUT2D eigenvalue weighted by molar-refractivity contribution is -0.192. The van der Waals surface area contributed by atoms with Crippen LogP contribution >= 0.6 is 0 Å². The van der Waals surface area contributed by atoms with Crippen molar-refractivity contribution in [1.29, 1.82) is 0 Å². The van der Waals surface area contributed by atoms with Crippen LogP contribution in [0.5, 0.6) is 0 Å². The molecule has 0 bridgehead atoms. The van der Waals surface area contributed by atoms with Crippen LogP contribution in [-0.4, -0.2) is 22.8 Å². The quantitative estimate of drug-likeness (QED) is 0.388. The van der Waals surface area contributed by atoms with Crippen molar-refractivity contribution in [2.45, 2.75) is 26.2 Å². The van der Waals surface area contributed by atoms with Gasteiger partial charge in [-0.2, -0.15) is 0 Å². The predicted molar refractivity (Wildman–Crippen MR) is 54.4 cm³/mol. The third-order valence-electron chi connectivity index (χ3n) is 1.82. The summed E-state index contributed by atoms with van der Waals surface area (Å²) >= 11 is 0. The minimum absolute atomic E-state index is 0.110. The van der Waals surface area contributed by atoms with Crippen LogP contribution < -0.4 is 0 Å². The Hall–Kier alpha value is -2.09. The number of carbonyl (C=O) groups excluding carboxylic acids is 3. The molecule has 16 heavy (non-hydrogen) atoms. The van der Waals surface area contributed by atoms with E-state index in [4.69, 9.17) is 0 Å². The van der Waals surface area contributed by atoms with Crippen molar-refractivity contribution in [2.75, 3.05) is 0 Å². The zero-order valence-electron chi connectivity index (χ0n) is 8.91. The average Bonchev–Trinajstić information content (AvgIpc) is 2.46. The molecule has 0 unspecified atom stereocenters. The highest BCUT2D eigenvalue weighted by Crippen LogP contribution is 2.16. The van der Waals surface area contributed by atoms with E-state index in [2.05, 4.69) is 23.3 Å². The summed E-state index contributed by atoms with van der Waals surface area (Å²) in [6.45, 7) is 5.29. The van der Waals surface area contributed by atoms with E-state index < -0.39 is 17.8 Å². The number of carbonyl (C=O) groups is 3. The second-order valence-electron chi connectivity index (χ2n) is 3.20. The molecule has 0 aromatic heterocycles. The molecule has 1 rings (SSSR count). The van der Waals surface area contributed by atoms with Crippen LogP contribution in [0, 0.1) is 11.8 Å². The molecule has 0 aromatic rings. The van der Waals surface area contributed by atoms with Crippen LogP contribution in [0.2, 0.25) is 0 Å². The Morgan fingerprint density at radius 1 is 1.56 bits per heavy atom. The van der Waals surface area contributed by atoms with Gasteiger partial charge in [-0.3, -0.25) is 9.59 Å². The Kier molecular flexibility index (Phi) is 3.84. The molecule has 84 valence electrons. The van der Waals surface area contributed by atoms with E-state index in [1.807, 2.05) is 6.92 Å². The first-order valence-electron chi connectivity index (χ1n) is 4.82. The summed E-state index contributed by atoms with van der Waals surface area (Å²) in [5.74, 6) is 2.54. The second kappa shape index (κ2) is 5.12. The summed E-state index contributed by atoms with van der Waals surface area (Å²) in [5.41, 5.74) is 0.110. The molecule has 0 saturated carbocycles. The number of hydrogen-bond donors (Lipinski definition) is 0. The number of nitrogens with zero attached hydrogens (tertiary/aromatic N) is 1. The molecule has 2 amide bonds. The van der Waals surface area contributed by atoms with Gasteiger partial charge in [-0.25, -0.2) is 4.79 Å². The minimum Gasteiger partial charge on any atom is -0.317 e. The molecule has 1 fully saturated rings. The Bertz CT molecular complexity index is 413. The maximum atomic E-state index is 11.3. The maximum absolute atomic E-state index is 11.3. The fourth-order valence-corrected chi connectivity index (χ4v) is 1.04. The molecule has 1 saturated heterocycles. The molecule has 1 heterocycles. The smallest absolute Gasteiger partial charge is 0.317 e. The number of rotatable bonds is 2. The third kappa shape index (κ3) is 2.70.